The van der Waals surface area contributed by atoms with Crippen LogP contribution in [0.1, 0.15) is 27.2 Å². The highest BCUT2D eigenvalue weighted by Crippen LogP contribution is 2.42. The van der Waals surface area contributed by atoms with Gasteiger partial charge in [0.25, 0.3) is 0 Å². The van der Waals surface area contributed by atoms with Crippen LogP contribution in [-0.4, -0.2) is 12.4 Å². The van der Waals surface area contributed by atoms with Crippen molar-refractivity contribution in [3.63, 3.8) is 0 Å². The molecular weight excluding hydrogens is 373 g/mol. The summed E-state index contributed by atoms with van der Waals surface area (Å²) in [5, 5.41) is 0. The first-order valence-corrected chi connectivity index (χ1v) is 11.1. The molecule has 4 rings (SSSR count). The quantitative estimate of drug-likeness (QED) is 0.353. The first-order valence-electron chi connectivity index (χ1n) is 11.1. The molecule has 0 aliphatic carbocycles. The van der Waals surface area contributed by atoms with Crippen LogP contribution in [-0.2, 0) is 0 Å². The Hall–Kier alpha value is -3.26. The van der Waals surface area contributed by atoms with E-state index in [9.17, 15) is 0 Å². The van der Waals surface area contributed by atoms with Crippen molar-refractivity contribution in [1.82, 2.24) is 0 Å². The molecule has 0 bridgehead atoms. The van der Waals surface area contributed by atoms with E-state index < -0.39 is 0 Å². The van der Waals surface area contributed by atoms with E-state index in [-0.39, 0.29) is 12.4 Å². The molecule has 1 nitrogen and oxygen atoms in total. The number of nitrogens with zero attached hydrogens (tertiary/aromatic N) is 1. The summed E-state index contributed by atoms with van der Waals surface area (Å²) in [6.07, 6.45) is 9.39. The summed E-state index contributed by atoms with van der Waals surface area (Å²) in [4.78, 5) is 2.62. The molecule has 31 heavy (non-hydrogen) atoms. The van der Waals surface area contributed by atoms with Crippen molar-refractivity contribution in [2.45, 2.75) is 32.7 Å². The van der Waals surface area contributed by atoms with Crippen LogP contribution in [0.4, 0.5) is 5.69 Å². The molecule has 0 amide bonds. The second-order valence-electron chi connectivity index (χ2n) is 8.27. The molecule has 3 aromatic carbocycles. The first-order chi connectivity index (χ1) is 15.2. The minimum atomic E-state index is -0.231. The highest BCUT2D eigenvalue weighted by atomic mass is 15.2. The largest absolute Gasteiger partial charge is 0.397 e. The van der Waals surface area contributed by atoms with Crippen LogP contribution in [0.25, 0.3) is 11.1 Å². The van der Waals surface area contributed by atoms with Crippen LogP contribution in [0.15, 0.2) is 115 Å². The maximum absolute atomic E-state index is 4.19. The average Bonchev–Trinajstić information content (AvgIpc) is 2.84. The van der Waals surface area contributed by atoms with Gasteiger partial charge in [-0.25, -0.2) is 0 Å². The number of rotatable bonds is 6. The van der Waals surface area contributed by atoms with Crippen LogP contribution in [0.2, 0.25) is 0 Å². The Balaban J connectivity index is 2.05. The maximum Gasteiger partial charge on any atom is 0.324 e. The third kappa shape index (κ3) is 3.57. The van der Waals surface area contributed by atoms with E-state index in [2.05, 4.69) is 129 Å². The fourth-order valence-electron chi connectivity index (χ4n) is 4.87. The minimum Gasteiger partial charge on any atom is -0.397 e. The number of allylic oxidation sites excluding steroid dienone is 3. The topological polar surface area (TPSA) is 3.24 Å². The van der Waals surface area contributed by atoms with Gasteiger partial charge in [-0.15, -0.1) is 0 Å². The number of benzene rings is 3. The first kappa shape index (κ1) is 21.0. The lowest BCUT2D eigenvalue weighted by Gasteiger charge is -2.51. The molecule has 0 saturated heterocycles. The molecule has 3 aromatic rings. The zero-order chi connectivity index (χ0) is 21.8. The highest BCUT2D eigenvalue weighted by molar-refractivity contribution is 6.90. The molecule has 1 aliphatic heterocycles. The average molecular weight is 403 g/mol. The zero-order valence-corrected chi connectivity index (χ0v) is 18.8. The monoisotopic (exact) mass is 403 g/mol. The fourth-order valence-corrected chi connectivity index (χ4v) is 4.87. The lowest BCUT2D eigenvalue weighted by atomic mass is 9.44. The lowest BCUT2D eigenvalue weighted by molar-refractivity contribution is 0.542. The third-order valence-corrected chi connectivity index (χ3v) is 6.61. The Labute approximate surface area is 187 Å². The van der Waals surface area contributed by atoms with Crippen LogP contribution < -0.4 is 15.7 Å². The minimum absolute atomic E-state index is 0.117. The molecule has 0 aromatic heterocycles. The highest BCUT2D eigenvalue weighted by Gasteiger charge is 2.45. The summed E-state index contributed by atoms with van der Waals surface area (Å²) in [7, 11) is 0. The fraction of sp³-hybridized carbons (Fsp3) is 0.172. The Morgan fingerprint density at radius 3 is 2.26 bits per heavy atom. The molecule has 154 valence electrons. The number of anilines is 1. The molecule has 0 fully saturated rings. The van der Waals surface area contributed by atoms with E-state index in [1.807, 2.05) is 6.08 Å². The molecule has 0 radical (unpaired) electrons. The lowest BCUT2D eigenvalue weighted by Crippen LogP contribution is -2.67. The second-order valence-corrected chi connectivity index (χ2v) is 8.27. The molecule has 1 atom stereocenters. The molecule has 1 aliphatic rings. The standard InChI is InChI=1S/C29H30BN/c1-5-8-16-23(6-2)29(4,7-3)31-28-22-15-13-20-26(28)25-19-12-14-21-27(25)30(31)24-17-10-9-11-18-24/h5-6,8-22H,2,7H2,1,3-4H3/b8-5-,23-16+. The molecule has 1 unspecified atom stereocenters. The Bertz CT molecular complexity index is 1130. The van der Waals surface area contributed by atoms with Gasteiger partial charge in [-0.1, -0.05) is 116 Å². The Morgan fingerprint density at radius 1 is 0.935 bits per heavy atom. The van der Waals surface area contributed by atoms with E-state index in [0.29, 0.717) is 0 Å². The number of hydrogen-bond acceptors (Lipinski definition) is 1. The normalized spacial score (nSPS) is 15.4. The molecule has 1 heterocycles. The zero-order valence-electron chi connectivity index (χ0n) is 18.8. The molecular formula is C29H30BN. The van der Waals surface area contributed by atoms with Gasteiger partial charge in [-0.05, 0) is 42.9 Å². The summed E-state index contributed by atoms with van der Waals surface area (Å²) in [6.45, 7) is 11.0. The van der Waals surface area contributed by atoms with E-state index in [0.717, 1.165) is 6.42 Å². The molecule has 0 saturated carbocycles. The van der Waals surface area contributed by atoms with E-state index in [1.54, 1.807) is 0 Å². The smallest absolute Gasteiger partial charge is 0.324 e. The summed E-state index contributed by atoms with van der Waals surface area (Å²) in [5.41, 5.74) is 7.53. The van der Waals surface area contributed by atoms with Gasteiger partial charge >= 0.3 is 6.85 Å². The predicted molar refractivity (Wildman–Crippen MR) is 138 cm³/mol. The van der Waals surface area contributed by atoms with Gasteiger partial charge in [0.05, 0.1) is 5.54 Å². The van der Waals surface area contributed by atoms with Crippen LogP contribution in [0.3, 0.4) is 0 Å². The van der Waals surface area contributed by atoms with Gasteiger partial charge in [0.2, 0.25) is 0 Å². The Morgan fingerprint density at radius 2 is 1.58 bits per heavy atom. The van der Waals surface area contributed by atoms with Gasteiger partial charge in [-0.3, -0.25) is 0 Å². The summed E-state index contributed by atoms with van der Waals surface area (Å²) >= 11 is 0. The van der Waals surface area contributed by atoms with Crippen molar-refractivity contribution in [2.24, 2.45) is 0 Å². The van der Waals surface area contributed by atoms with Crippen LogP contribution in [0.5, 0.6) is 0 Å². The second kappa shape index (κ2) is 8.85. The molecule has 2 heteroatoms. The SMILES string of the molecule is C=C/C(=C\C=C/C)C(C)(CC)N1B(c2ccccc2)c2ccccc2-c2ccccc21. The summed E-state index contributed by atoms with van der Waals surface area (Å²) < 4.78 is 0. The van der Waals surface area contributed by atoms with Gasteiger partial charge in [0.15, 0.2) is 0 Å². The van der Waals surface area contributed by atoms with Gasteiger partial charge in [0, 0.05) is 11.3 Å². The summed E-state index contributed by atoms with van der Waals surface area (Å²) in [5.74, 6) is 0. The summed E-state index contributed by atoms with van der Waals surface area (Å²) in [6, 6.07) is 28.6. The van der Waals surface area contributed by atoms with Gasteiger partial charge in [-0.2, -0.15) is 0 Å². The van der Waals surface area contributed by atoms with E-state index >= 15 is 0 Å². The van der Waals surface area contributed by atoms with Gasteiger partial charge in [0.1, 0.15) is 0 Å². The van der Waals surface area contributed by atoms with Crippen molar-refractivity contribution >= 4 is 23.5 Å². The van der Waals surface area contributed by atoms with Crippen LogP contribution >= 0.6 is 0 Å². The van der Waals surface area contributed by atoms with Crippen LogP contribution in [0, 0.1) is 0 Å². The van der Waals surface area contributed by atoms with Crippen molar-refractivity contribution in [3.8, 4) is 11.1 Å². The predicted octanol–water partition coefficient (Wildman–Crippen LogP) is 6.14. The molecule has 0 spiro atoms. The van der Waals surface area contributed by atoms with Gasteiger partial charge < -0.3 is 4.81 Å². The van der Waals surface area contributed by atoms with Crippen molar-refractivity contribution < 1.29 is 0 Å². The number of para-hydroxylation sites is 1. The third-order valence-electron chi connectivity index (χ3n) is 6.61. The van der Waals surface area contributed by atoms with Crippen molar-refractivity contribution in [1.29, 1.82) is 0 Å². The van der Waals surface area contributed by atoms with Crippen molar-refractivity contribution in [2.75, 3.05) is 4.81 Å². The molecule has 0 N–H and O–H groups in total. The van der Waals surface area contributed by atoms with E-state index in [1.165, 1.54) is 33.3 Å². The Kier molecular flexibility index (Phi) is 6.00. The number of fused-ring (bicyclic) bond motifs is 3. The van der Waals surface area contributed by atoms with E-state index in [4.69, 9.17) is 0 Å². The van der Waals surface area contributed by atoms with Crippen molar-refractivity contribution in [3.05, 3.63) is 115 Å². The maximum atomic E-state index is 4.19. The number of hydrogen-bond donors (Lipinski definition) is 0.